The zero-order chi connectivity index (χ0) is 17.3. The lowest BCUT2D eigenvalue weighted by Gasteiger charge is -2.22. The fraction of sp³-hybridized carbons (Fsp3) is 0.429. The van der Waals surface area contributed by atoms with Crippen molar-refractivity contribution in [1.82, 2.24) is 10.3 Å². The molecule has 2 aromatic rings. The molecule has 2 N–H and O–H groups in total. The summed E-state index contributed by atoms with van der Waals surface area (Å²) in [4.78, 5) is 16.6. The second-order valence-corrected chi connectivity index (χ2v) is 6.76. The van der Waals surface area contributed by atoms with E-state index in [-0.39, 0.29) is 5.91 Å². The number of amides is 1. The summed E-state index contributed by atoms with van der Waals surface area (Å²) in [5.74, 6) is -0.0532. The lowest BCUT2D eigenvalue weighted by molar-refractivity contribution is 0.0922. The Kier molecular flexibility index (Phi) is 6.43. The minimum atomic E-state index is -0.0532. The number of nitrogens with zero attached hydrogens (tertiary/aromatic N) is 1. The van der Waals surface area contributed by atoms with Crippen LogP contribution >= 0.6 is 0 Å². The van der Waals surface area contributed by atoms with Gasteiger partial charge in [0.2, 0.25) is 0 Å². The van der Waals surface area contributed by atoms with Gasteiger partial charge in [0.05, 0.1) is 11.9 Å². The predicted octanol–water partition coefficient (Wildman–Crippen LogP) is 4.19. The molecule has 0 unspecified atom stereocenters. The Morgan fingerprint density at radius 2 is 1.84 bits per heavy atom. The molecule has 0 aliphatic heterocycles. The molecular weight excluding hydrogens is 310 g/mol. The molecule has 1 saturated carbocycles. The van der Waals surface area contributed by atoms with E-state index in [2.05, 4.69) is 39.9 Å². The van der Waals surface area contributed by atoms with Gasteiger partial charge in [-0.1, -0.05) is 49.6 Å². The van der Waals surface area contributed by atoms with Crippen molar-refractivity contribution in [3.63, 3.8) is 0 Å². The minimum absolute atomic E-state index is 0.0532. The number of aromatic nitrogens is 1. The number of pyridine rings is 1. The molecule has 4 nitrogen and oxygen atoms in total. The van der Waals surface area contributed by atoms with E-state index in [4.69, 9.17) is 0 Å². The fourth-order valence-electron chi connectivity index (χ4n) is 3.31. The zero-order valence-corrected chi connectivity index (χ0v) is 14.7. The van der Waals surface area contributed by atoms with Gasteiger partial charge in [-0.15, -0.1) is 0 Å². The van der Waals surface area contributed by atoms with Crippen molar-refractivity contribution < 1.29 is 4.79 Å². The summed E-state index contributed by atoms with van der Waals surface area (Å²) in [5, 5.41) is 6.47. The number of hydrogen-bond acceptors (Lipinski definition) is 3. The van der Waals surface area contributed by atoms with Crippen LogP contribution in [0, 0.1) is 0 Å². The van der Waals surface area contributed by atoms with Gasteiger partial charge in [0.15, 0.2) is 0 Å². The molecule has 1 aromatic heterocycles. The van der Waals surface area contributed by atoms with Crippen LogP contribution in [0.25, 0.3) is 0 Å². The molecule has 25 heavy (non-hydrogen) atoms. The second kappa shape index (κ2) is 9.21. The quantitative estimate of drug-likeness (QED) is 0.745. The normalized spacial score (nSPS) is 14.9. The maximum atomic E-state index is 12.2. The molecule has 1 heterocycles. The van der Waals surface area contributed by atoms with Crippen LogP contribution in [0.15, 0.2) is 48.7 Å². The van der Waals surface area contributed by atoms with Gasteiger partial charge in [-0.25, -0.2) is 4.98 Å². The van der Waals surface area contributed by atoms with E-state index in [1.807, 2.05) is 12.1 Å². The van der Waals surface area contributed by atoms with Crippen LogP contribution in [0.5, 0.6) is 0 Å². The first-order valence-corrected chi connectivity index (χ1v) is 9.36. The average Bonchev–Trinajstić information content (AvgIpc) is 2.67. The summed E-state index contributed by atoms with van der Waals surface area (Å²) in [6, 6.07) is 14.6. The third kappa shape index (κ3) is 5.59. The van der Waals surface area contributed by atoms with Crippen LogP contribution in [0.4, 0.5) is 5.69 Å². The van der Waals surface area contributed by atoms with Crippen molar-refractivity contribution in [3.8, 4) is 0 Å². The first kappa shape index (κ1) is 17.5. The molecule has 1 aliphatic rings. The summed E-state index contributed by atoms with van der Waals surface area (Å²) in [7, 11) is 0. The highest BCUT2D eigenvalue weighted by Gasteiger charge is 2.17. The van der Waals surface area contributed by atoms with Gasteiger partial charge in [0.25, 0.3) is 5.91 Å². The van der Waals surface area contributed by atoms with Crippen LogP contribution in [-0.4, -0.2) is 23.5 Å². The van der Waals surface area contributed by atoms with Gasteiger partial charge in [0.1, 0.15) is 5.69 Å². The Balaban J connectivity index is 1.41. The summed E-state index contributed by atoms with van der Waals surface area (Å²) in [6.45, 7) is 0.893. The van der Waals surface area contributed by atoms with Crippen molar-refractivity contribution in [2.75, 3.05) is 11.9 Å². The third-order valence-corrected chi connectivity index (χ3v) is 4.75. The number of nitrogens with one attached hydrogen (secondary N) is 2. The summed E-state index contributed by atoms with van der Waals surface area (Å²) in [6.07, 6.45) is 9.76. The largest absolute Gasteiger partial charge is 0.384 e. The Labute approximate surface area is 150 Å². The van der Waals surface area contributed by atoms with E-state index in [1.165, 1.54) is 24.8 Å². The van der Waals surface area contributed by atoms with E-state index in [1.54, 1.807) is 12.3 Å². The Morgan fingerprint density at radius 3 is 2.56 bits per heavy atom. The molecule has 1 aromatic carbocycles. The van der Waals surface area contributed by atoms with Crippen molar-refractivity contribution >= 4 is 11.6 Å². The van der Waals surface area contributed by atoms with E-state index in [0.29, 0.717) is 11.7 Å². The van der Waals surface area contributed by atoms with Gasteiger partial charge in [-0.3, -0.25) is 4.79 Å². The maximum absolute atomic E-state index is 12.2. The van der Waals surface area contributed by atoms with Gasteiger partial charge in [0, 0.05) is 12.6 Å². The molecule has 1 fully saturated rings. The molecule has 0 radical (unpaired) electrons. The van der Waals surface area contributed by atoms with Crippen LogP contribution in [0.1, 0.15) is 54.6 Å². The number of hydrogen-bond donors (Lipinski definition) is 2. The molecule has 0 spiro atoms. The average molecular weight is 337 g/mol. The van der Waals surface area contributed by atoms with E-state index >= 15 is 0 Å². The summed E-state index contributed by atoms with van der Waals surface area (Å²) >= 11 is 0. The topological polar surface area (TPSA) is 54.0 Å². The lowest BCUT2D eigenvalue weighted by Crippen LogP contribution is -2.36. The maximum Gasteiger partial charge on any atom is 0.270 e. The fourth-order valence-corrected chi connectivity index (χ4v) is 3.31. The van der Waals surface area contributed by atoms with Crippen molar-refractivity contribution in [2.45, 2.75) is 51.0 Å². The number of anilines is 1. The first-order chi connectivity index (χ1) is 12.3. The molecule has 1 aliphatic carbocycles. The number of carbonyl (C=O) groups is 1. The van der Waals surface area contributed by atoms with Gasteiger partial charge in [-0.2, -0.15) is 0 Å². The predicted molar refractivity (Wildman–Crippen MR) is 102 cm³/mol. The number of carbonyl (C=O) groups excluding carboxylic acids is 1. The number of aryl methyl sites for hydroxylation is 1. The van der Waals surface area contributed by atoms with E-state index < -0.39 is 0 Å². The second-order valence-electron chi connectivity index (χ2n) is 6.76. The molecule has 3 rings (SSSR count). The highest BCUT2D eigenvalue weighted by Crippen LogP contribution is 2.18. The molecule has 0 bridgehead atoms. The van der Waals surface area contributed by atoms with Crippen LogP contribution in [0.3, 0.4) is 0 Å². The van der Waals surface area contributed by atoms with Crippen LogP contribution in [0.2, 0.25) is 0 Å². The standard InChI is InChI=1S/C21H27N3O/c25-21(24-18-11-5-2-6-12-18)20-14-13-19(16-23-20)22-15-7-10-17-8-3-1-4-9-17/h1,3-4,8-9,13-14,16,18,22H,2,5-7,10-12,15H2,(H,24,25). The monoisotopic (exact) mass is 337 g/mol. The SMILES string of the molecule is O=C(NC1CCCCC1)c1ccc(NCCCc2ccccc2)cn1. The summed E-state index contributed by atoms with van der Waals surface area (Å²) in [5.41, 5.74) is 2.82. The molecule has 0 atom stereocenters. The van der Waals surface area contributed by atoms with Crippen molar-refractivity contribution in [1.29, 1.82) is 0 Å². The smallest absolute Gasteiger partial charge is 0.270 e. The first-order valence-electron chi connectivity index (χ1n) is 9.36. The minimum Gasteiger partial charge on any atom is -0.384 e. The van der Waals surface area contributed by atoms with Gasteiger partial charge < -0.3 is 10.6 Å². The van der Waals surface area contributed by atoms with Crippen LogP contribution in [-0.2, 0) is 6.42 Å². The van der Waals surface area contributed by atoms with Crippen molar-refractivity contribution in [2.24, 2.45) is 0 Å². The Hall–Kier alpha value is -2.36. The highest BCUT2D eigenvalue weighted by molar-refractivity contribution is 5.92. The summed E-state index contributed by atoms with van der Waals surface area (Å²) < 4.78 is 0. The molecule has 0 saturated heterocycles. The highest BCUT2D eigenvalue weighted by atomic mass is 16.1. The van der Waals surface area contributed by atoms with E-state index in [0.717, 1.165) is 37.9 Å². The Morgan fingerprint density at radius 1 is 1.04 bits per heavy atom. The van der Waals surface area contributed by atoms with Gasteiger partial charge >= 0.3 is 0 Å². The molecule has 4 heteroatoms. The zero-order valence-electron chi connectivity index (χ0n) is 14.7. The molecule has 1 amide bonds. The van der Waals surface area contributed by atoms with Crippen LogP contribution < -0.4 is 10.6 Å². The van der Waals surface area contributed by atoms with E-state index in [9.17, 15) is 4.79 Å². The number of benzene rings is 1. The number of rotatable bonds is 7. The Bertz CT molecular complexity index is 649. The van der Waals surface area contributed by atoms with Crippen molar-refractivity contribution in [3.05, 3.63) is 59.9 Å². The molecular formula is C21H27N3O. The van der Waals surface area contributed by atoms with Gasteiger partial charge in [-0.05, 0) is 43.4 Å². The third-order valence-electron chi connectivity index (χ3n) is 4.75. The lowest BCUT2D eigenvalue weighted by atomic mass is 9.95. The molecule has 132 valence electrons.